The van der Waals surface area contributed by atoms with Gasteiger partial charge in [-0.25, -0.2) is 0 Å². The van der Waals surface area contributed by atoms with E-state index in [9.17, 15) is 4.79 Å². The quantitative estimate of drug-likeness (QED) is 0.558. The number of hydrogen-bond donors (Lipinski definition) is 0. The summed E-state index contributed by atoms with van der Waals surface area (Å²) in [7, 11) is 0. The first-order valence-corrected chi connectivity index (χ1v) is 3.95. The van der Waals surface area contributed by atoms with Crippen LogP contribution in [0.15, 0.2) is 6.07 Å². The van der Waals surface area contributed by atoms with Crippen molar-refractivity contribution in [2.75, 3.05) is 6.61 Å². The zero-order chi connectivity index (χ0) is 8.55. The van der Waals surface area contributed by atoms with Crippen molar-refractivity contribution in [3.63, 3.8) is 0 Å². The van der Waals surface area contributed by atoms with Crippen LogP contribution in [0, 0.1) is 13.0 Å². The maximum absolute atomic E-state index is 10.6. The third kappa shape index (κ3) is 1.84. The molecule has 1 aliphatic heterocycles. The van der Waals surface area contributed by atoms with Crippen molar-refractivity contribution in [2.45, 2.75) is 13.3 Å². The predicted octanol–water partition coefficient (Wildman–Crippen LogP) is 1.54. The molecule has 0 bridgehead atoms. The molecule has 1 radical (unpaired) electrons. The number of rotatable bonds is 1. The molecule has 2 rings (SSSR count). The predicted molar refractivity (Wildman–Crippen MR) is 44.6 cm³/mol. The van der Waals surface area contributed by atoms with Crippen LogP contribution in [-0.2, 0) is 39.1 Å². The van der Waals surface area contributed by atoms with Crippen LogP contribution >= 0.6 is 0 Å². The molecule has 0 saturated carbocycles. The monoisotopic (exact) mass is 250 g/mol. The molecule has 0 atom stereocenters. The van der Waals surface area contributed by atoms with Gasteiger partial charge in [0.15, 0.2) is 0 Å². The second kappa shape index (κ2) is 4.34. The topological polar surface area (TPSA) is 26.3 Å². The largest absolute Gasteiger partial charge is 0.550 e. The second-order valence-corrected chi connectivity index (χ2v) is 2.89. The van der Waals surface area contributed by atoms with Gasteiger partial charge in [-0.2, -0.15) is 12.1 Å². The Morgan fingerprint density at radius 2 is 2.38 bits per heavy atom. The smallest absolute Gasteiger partial charge is 0.0954 e. The van der Waals surface area contributed by atoms with Crippen LogP contribution in [0.5, 0.6) is 5.75 Å². The molecular formula is C10H9O2Y-. The van der Waals surface area contributed by atoms with E-state index in [1.54, 1.807) is 6.07 Å². The Morgan fingerprint density at radius 1 is 1.62 bits per heavy atom. The standard InChI is InChI=1S/C10H9O2.Y/c1-7-9(6-11)3-2-8-4-5-12-10(7)8;/h3,6H,4-5H2,1H3;/q-1;. The van der Waals surface area contributed by atoms with Gasteiger partial charge in [-0.3, -0.25) is 0 Å². The maximum Gasteiger partial charge on any atom is 0.0954 e. The van der Waals surface area contributed by atoms with E-state index in [1.165, 1.54) is 0 Å². The summed E-state index contributed by atoms with van der Waals surface area (Å²) in [5.41, 5.74) is 2.71. The summed E-state index contributed by atoms with van der Waals surface area (Å²) in [4.78, 5) is 10.6. The van der Waals surface area contributed by atoms with Crippen molar-refractivity contribution in [1.29, 1.82) is 0 Å². The molecule has 0 saturated heterocycles. The van der Waals surface area contributed by atoms with Crippen LogP contribution < -0.4 is 4.74 Å². The van der Waals surface area contributed by atoms with Crippen LogP contribution in [0.2, 0.25) is 0 Å². The summed E-state index contributed by atoms with van der Waals surface area (Å²) >= 11 is 0. The van der Waals surface area contributed by atoms with Crippen LogP contribution in [0.1, 0.15) is 21.5 Å². The summed E-state index contributed by atoms with van der Waals surface area (Å²) in [5.74, 6) is 0.861. The molecule has 1 heterocycles. The molecule has 0 N–H and O–H groups in total. The first kappa shape index (κ1) is 10.9. The third-order valence-electron chi connectivity index (χ3n) is 2.18. The van der Waals surface area contributed by atoms with Gasteiger partial charge < -0.3 is 9.53 Å². The van der Waals surface area contributed by atoms with E-state index in [0.29, 0.717) is 5.56 Å². The van der Waals surface area contributed by atoms with Crippen molar-refractivity contribution in [3.05, 3.63) is 28.8 Å². The summed E-state index contributed by atoms with van der Waals surface area (Å²) in [6.07, 6.45) is 1.75. The van der Waals surface area contributed by atoms with E-state index in [-0.39, 0.29) is 32.7 Å². The van der Waals surface area contributed by atoms with Gasteiger partial charge in [0, 0.05) is 38.5 Å². The number of aldehydes is 1. The molecule has 0 spiro atoms. The van der Waals surface area contributed by atoms with E-state index >= 15 is 0 Å². The Hall–Kier alpha value is -0.206. The first-order valence-electron chi connectivity index (χ1n) is 3.95. The summed E-state index contributed by atoms with van der Waals surface area (Å²) in [6.45, 7) is 2.62. The SMILES string of the molecule is Cc1c(C=O)c[c-]c2c1OCC2.[Y]. The molecule has 65 valence electrons. The van der Waals surface area contributed by atoms with E-state index < -0.39 is 0 Å². The fraction of sp³-hybridized carbons (Fsp3) is 0.300. The van der Waals surface area contributed by atoms with Crippen molar-refractivity contribution < 1.29 is 42.2 Å². The van der Waals surface area contributed by atoms with Crippen molar-refractivity contribution >= 4 is 6.29 Å². The van der Waals surface area contributed by atoms with Gasteiger partial charge in [0.1, 0.15) is 0 Å². The number of carbonyl (C=O) groups is 1. The van der Waals surface area contributed by atoms with Gasteiger partial charge >= 0.3 is 0 Å². The Bertz CT molecular complexity index is 334. The van der Waals surface area contributed by atoms with Crippen LogP contribution in [0.4, 0.5) is 0 Å². The second-order valence-electron chi connectivity index (χ2n) is 2.89. The number of fused-ring (bicyclic) bond motifs is 1. The molecule has 0 aliphatic carbocycles. The molecule has 1 aromatic carbocycles. The number of hydrogen-bond acceptors (Lipinski definition) is 2. The molecule has 13 heavy (non-hydrogen) atoms. The molecule has 1 aromatic rings. The first-order chi connectivity index (χ1) is 5.83. The molecule has 0 aromatic heterocycles. The van der Waals surface area contributed by atoms with Crippen LogP contribution in [-0.4, -0.2) is 12.9 Å². The summed E-state index contributed by atoms with van der Waals surface area (Å²) < 4.78 is 5.38. The Labute approximate surface area is 103 Å². The molecule has 0 unspecified atom stereocenters. The van der Waals surface area contributed by atoms with Gasteiger partial charge in [-0.1, -0.05) is 12.5 Å². The van der Waals surface area contributed by atoms with Gasteiger partial charge in [0.2, 0.25) is 0 Å². The minimum absolute atomic E-state index is 0. The molecule has 0 amide bonds. The zero-order valence-corrected chi connectivity index (χ0v) is 10.3. The summed E-state index contributed by atoms with van der Waals surface area (Å²) in [5, 5.41) is 0. The zero-order valence-electron chi connectivity index (χ0n) is 7.46. The van der Waals surface area contributed by atoms with E-state index in [0.717, 1.165) is 36.2 Å². The van der Waals surface area contributed by atoms with E-state index in [1.807, 2.05) is 6.92 Å². The maximum atomic E-state index is 10.6. The van der Waals surface area contributed by atoms with Crippen molar-refractivity contribution in [1.82, 2.24) is 0 Å². The van der Waals surface area contributed by atoms with Crippen LogP contribution in [0.3, 0.4) is 0 Å². The Kier molecular flexibility index (Phi) is 3.63. The molecule has 0 fully saturated rings. The van der Waals surface area contributed by atoms with Crippen LogP contribution in [0.25, 0.3) is 0 Å². The number of ether oxygens (including phenoxy) is 1. The minimum Gasteiger partial charge on any atom is -0.550 e. The molecular weight excluding hydrogens is 241 g/mol. The molecule has 1 aliphatic rings. The van der Waals surface area contributed by atoms with Gasteiger partial charge in [-0.15, -0.1) is 11.1 Å². The number of carbonyl (C=O) groups excluding carboxylic acids is 1. The van der Waals surface area contributed by atoms with E-state index in [2.05, 4.69) is 6.07 Å². The van der Waals surface area contributed by atoms with Crippen molar-refractivity contribution in [2.24, 2.45) is 0 Å². The van der Waals surface area contributed by atoms with Gasteiger partial charge in [0.25, 0.3) is 0 Å². The van der Waals surface area contributed by atoms with Crippen molar-refractivity contribution in [3.8, 4) is 5.75 Å². The summed E-state index contributed by atoms with van der Waals surface area (Å²) in [6, 6.07) is 4.78. The third-order valence-corrected chi connectivity index (χ3v) is 2.18. The van der Waals surface area contributed by atoms with E-state index in [4.69, 9.17) is 4.74 Å². The minimum atomic E-state index is 0. The molecule has 2 nitrogen and oxygen atoms in total. The Balaban J connectivity index is 0.000000845. The molecule has 3 heteroatoms. The fourth-order valence-electron chi connectivity index (χ4n) is 1.45. The average Bonchev–Trinajstić information content (AvgIpc) is 2.53. The normalized spacial score (nSPS) is 12.7. The van der Waals surface area contributed by atoms with Gasteiger partial charge in [0.05, 0.1) is 12.9 Å². The van der Waals surface area contributed by atoms with Gasteiger partial charge in [-0.05, 0) is 6.42 Å². The fourth-order valence-corrected chi connectivity index (χ4v) is 1.45. The Morgan fingerprint density at radius 3 is 3.08 bits per heavy atom. The average molecular weight is 250 g/mol. The number of benzene rings is 1.